The lowest BCUT2D eigenvalue weighted by atomic mass is 10.3. The molecule has 6 heteroatoms. The van der Waals surface area contributed by atoms with Crippen LogP contribution < -0.4 is 0 Å². The molecular formula is C14H30O5S. The Kier molecular flexibility index (Phi) is 10.9. The van der Waals surface area contributed by atoms with Crippen LogP contribution in [0.3, 0.4) is 0 Å². The van der Waals surface area contributed by atoms with Gasteiger partial charge >= 0.3 is 5.31 Å². The molecule has 0 rings (SSSR count). The maximum atomic E-state index is 5.83. The van der Waals surface area contributed by atoms with Crippen LogP contribution in [0.1, 0.15) is 47.0 Å². The summed E-state index contributed by atoms with van der Waals surface area (Å²) in [5.74, 6) is -0.967. The fraction of sp³-hybridized carbons (Fsp3) is 1.00. The maximum Gasteiger partial charge on any atom is 0.337 e. The van der Waals surface area contributed by atoms with Gasteiger partial charge in [0.15, 0.2) is 5.79 Å². The van der Waals surface area contributed by atoms with Crippen molar-refractivity contribution in [2.75, 3.05) is 33.5 Å². The molecule has 0 saturated heterocycles. The third kappa shape index (κ3) is 8.44. The summed E-state index contributed by atoms with van der Waals surface area (Å²) < 4.78 is 27.8. The van der Waals surface area contributed by atoms with Crippen LogP contribution in [0.5, 0.6) is 0 Å². The standard InChI is InChI=1S/C14H30O5S/c1-6-9-11-18-14(20,17-10-7-2)19-13(4,12-15-5)16-8-3/h20H,6-12H2,1-5H3. The van der Waals surface area contributed by atoms with E-state index in [0.717, 1.165) is 19.3 Å². The molecule has 2 unspecified atom stereocenters. The molecule has 122 valence electrons. The van der Waals surface area contributed by atoms with Crippen LogP contribution in [0.2, 0.25) is 0 Å². The maximum absolute atomic E-state index is 5.83. The average Bonchev–Trinajstić information content (AvgIpc) is 2.37. The molecule has 0 amide bonds. The van der Waals surface area contributed by atoms with E-state index >= 15 is 0 Å². The van der Waals surface area contributed by atoms with E-state index in [1.165, 1.54) is 0 Å². The first-order chi connectivity index (χ1) is 9.45. The van der Waals surface area contributed by atoms with Crippen molar-refractivity contribution in [3.63, 3.8) is 0 Å². The molecule has 0 aromatic rings. The number of rotatable bonds is 13. The van der Waals surface area contributed by atoms with Crippen molar-refractivity contribution >= 4 is 12.6 Å². The van der Waals surface area contributed by atoms with E-state index in [-0.39, 0.29) is 6.61 Å². The Hall–Kier alpha value is 0.150. The first kappa shape index (κ1) is 20.1. The van der Waals surface area contributed by atoms with E-state index in [4.69, 9.17) is 23.7 Å². The molecule has 0 aromatic heterocycles. The monoisotopic (exact) mass is 310 g/mol. The smallest absolute Gasteiger partial charge is 0.337 e. The first-order valence-electron chi connectivity index (χ1n) is 7.28. The molecule has 2 atom stereocenters. The average molecular weight is 310 g/mol. The second-order valence-corrected chi connectivity index (χ2v) is 5.22. The largest absolute Gasteiger partial charge is 0.379 e. The summed E-state index contributed by atoms with van der Waals surface area (Å²) >= 11 is 4.40. The predicted octanol–water partition coefficient (Wildman–Crippen LogP) is 3.19. The van der Waals surface area contributed by atoms with Gasteiger partial charge in [0.2, 0.25) is 0 Å². The topological polar surface area (TPSA) is 46.2 Å². The lowest BCUT2D eigenvalue weighted by molar-refractivity contribution is -0.402. The van der Waals surface area contributed by atoms with Gasteiger partial charge in [-0.1, -0.05) is 32.9 Å². The molecule has 0 aromatic carbocycles. The highest BCUT2D eigenvalue weighted by molar-refractivity contribution is 7.81. The summed E-state index contributed by atoms with van der Waals surface area (Å²) in [5, 5.41) is -1.42. The van der Waals surface area contributed by atoms with Crippen molar-refractivity contribution in [1.29, 1.82) is 0 Å². The molecule has 0 spiro atoms. The summed E-state index contributed by atoms with van der Waals surface area (Å²) in [6.07, 6.45) is 2.79. The zero-order valence-corrected chi connectivity index (χ0v) is 14.3. The number of ether oxygens (including phenoxy) is 5. The van der Waals surface area contributed by atoms with Crippen molar-refractivity contribution in [2.24, 2.45) is 0 Å². The van der Waals surface area contributed by atoms with Crippen LogP contribution in [0.25, 0.3) is 0 Å². The Morgan fingerprint density at radius 3 is 2.10 bits per heavy atom. The second kappa shape index (κ2) is 10.8. The minimum absolute atomic E-state index is 0.260. The molecule has 0 fully saturated rings. The highest BCUT2D eigenvalue weighted by Gasteiger charge is 2.39. The van der Waals surface area contributed by atoms with Crippen molar-refractivity contribution in [2.45, 2.75) is 58.0 Å². The highest BCUT2D eigenvalue weighted by atomic mass is 32.1. The quantitative estimate of drug-likeness (QED) is 0.321. The van der Waals surface area contributed by atoms with Crippen molar-refractivity contribution in [3.05, 3.63) is 0 Å². The minimum Gasteiger partial charge on any atom is -0.379 e. The molecule has 0 saturated carbocycles. The van der Waals surface area contributed by atoms with Crippen LogP contribution in [0, 0.1) is 0 Å². The van der Waals surface area contributed by atoms with Crippen molar-refractivity contribution < 1.29 is 23.7 Å². The van der Waals surface area contributed by atoms with Gasteiger partial charge in [0.1, 0.15) is 6.61 Å². The van der Waals surface area contributed by atoms with E-state index in [9.17, 15) is 0 Å². The summed E-state index contributed by atoms with van der Waals surface area (Å²) in [7, 11) is 1.59. The Bertz CT molecular complexity index is 234. The summed E-state index contributed by atoms with van der Waals surface area (Å²) in [6, 6.07) is 0. The second-order valence-electron chi connectivity index (χ2n) is 4.68. The van der Waals surface area contributed by atoms with E-state index in [1.807, 2.05) is 13.8 Å². The van der Waals surface area contributed by atoms with Crippen LogP contribution in [0.15, 0.2) is 0 Å². The fourth-order valence-corrected chi connectivity index (χ4v) is 1.99. The van der Waals surface area contributed by atoms with E-state index in [0.29, 0.717) is 19.8 Å². The molecule has 0 radical (unpaired) electrons. The minimum atomic E-state index is -1.42. The first-order valence-corrected chi connectivity index (χ1v) is 7.73. The zero-order valence-electron chi connectivity index (χ0n) is 13.4. The van der Waals surface area contributed by atoms with Gasteiger partial charge in [-0.15, -0.1) is 0 Å². The van der Waals surface area contributed by atoms with Crippen LogP contribution in [-0.2, 0) is 23.7 Å². The van der Waals surface area contributed by atoms with E-state index < -0.39 is 11.1 Å². The van der Waals surface area contributed by atoms with Gasteiger partial charge in [-0.2, -0.15) is 0 Å². The van der Waals surface area contributed by atoms with Crippen molar-refractivity contribution in [3.8, 4) is 0 Å². The van der Waals surface area contributed by atoms with Gasteiger partial charge in [-0.25, -0.2) is 0 Å². The Labute approximate surface area is 128 Å². The van der Waals surface area contributed by atoms with Gasteiger partial charge in [0.25, 0.3) is 0 Å². The fourth-order valence-electron chi connectivity index (χ4n) is 1.62. The molecule has 0 aliphatic rings. The molecule has 0 bridgehead atoms. The number of unbranched alkanes of at least 4 members (excludes halogenated alkanes) is 1. The third-order valence-electron chi connectivity index (χ3n) is 2.47. The lowest BCUT2D eigenvalue weighted by Gasteiger charge is -2.37. The number of hydrogen-bond donors (Lipinski definition) is 1. The number of thiol groups is 1. The Balaban J connectivity index is 4.71. The molecule has 0 heterocycles. The summed E-state index contributed by atoms with van der Waals surface area (Å²) in [4.78, 5) is 0. The SMILES string of the molecule is CCCCOC(S)(OCCC)OC(C)(COC)OCC. The lowest BCUT2D eigenvalue weighted by Crippen LogP contribution is -2.47. The van der Waals surface area contributed by atoms with Gasteiger partial charge in [0, 0.05) is 13.7 Å². The normalized spacial score (nSPS) is 17.7. The third-order valence-corrected chi connectivity index (χ3v) is 2.82. The van der Waals surface area contributed by atoms with Crippen molar-refractivity contribution in [1.82, 2.24) is 0 Å². The van der Waals surface area contributed by atoms with E-state index in [2.05, 4.69) is 19.6 Å². The molecule has 5 nitrogen and oxygen atoms in total. The Morgan fingerprint density at radius 1 is 0.950 bits per heavy atom. The summed E-state index contributed by atoms with van der Waals surface area (Å²) in [6.45, 7) is 9.53. The summed E-state index contributed by atoms with van der Waals surface area (Å²) in [5.41, 5.74) is 0. The highest BCUT2D eigenvalue weighted by Crippen LogP contribution is 2.29. The molecule has 0 aliphatic carbocycles. The predicted molar refractivity (Wildman–Crippen MR) is 81.8 cm³/mol. The van der Waals surface area contributed by atoms with Crippen LogP contribution in [-0.4, -0.2) is 44.6 Å². The van der Waals surface area contributed by atoms with Gasteiger partial charge in [-0.3, -0.25) is 4.74 Å². The van der Waals surface area contributed by atoms with Gasteiger partial charge in [0.05, 0.1) is 13.2 Å². The zero-order chi connectivity index (χ0) is 15.5. The molecular weight excluding hydrogens is 280 g/mol. The number of hydrogen-bond acceptors (Lipinski definition) is 6. The molecule has 20 heavy (non-hydrogen) atoms. The number of methoxy groups -OCH3 is 1. The molecule has 0 N–H and O–H groups in total. The van der Waals surface area contributed by atoms with Crippen LogP contribution in [0.4, 0.5) is 0 Å². The van der Waals surface area contributed by atoms with Crippen LogP contribution >= 0.6 is 12.6 Å². The Morgan fingerprint density at radius 2 is 1.60 bits per heavy atom. The van der Waals surface area contributed by atoms with Gasteiger partial charge < -0.3 is 18.9 Å². The van der Waals surface area contributed by atoms with E-state index in [1.54, 1.807) is 14.0 Å². The molecule has 0 aliphatic heterocycles. The van der Waals surface area contributed by atoms with Gasteiger partial charge in [-0.05, 0) is 26.7 Å².